The van der Waals surface area contributed by atoms with E-state index in [1.165, 1.54) is 5.56 Å². The van der Waals surface area contributed by atoms with E-state index in [0.29, 0.717) is 0 Å². The highest BCUT2D eigenvalue weighted by Crippen LogP contribution is 2.44. The van der Waals surface area contributed by atoms with Crippen molar-refractivity contribution in [2.75, 3.05) is 5.32 Å². The Labute approximate surface area is 110 Å². The normalized spacial score (nSPS) is 12.3. The van der Waals surface area contributed by atoms with E-state index in [-0.39, 0.29) is 0 Å². The van der Waals surface area contributed by atoms with Gasteiger partial charge in [-0.1, -0.05) is 24.3 Å². The maximum absolute atomic E-state index is 5.89. The fraction of sp³-hybridized carbons (Fsp3) is 0.0625. The average molecular weight is 248 g/mol. The lowest BCUT2D eigenvalue weighted by Crippen LogP contribution is -2.03. The Morgan fingerprint density at radius 3 is 2.89 bits per heavy atom. The molecular formula is C16H12N2O. The minimum absolute atomic E-state index is 0.773. The van der Waals surface area contributed by atoms with Crippen LogP contribution in [0.1, 0.15) is 5.56 Å². The van der Waals surface area contributed by atoms with Crippen molar-refractivity contribution in [3.05, 3.63) is 54.2 Å². The summed E-state index contributed by atoms with van der Waals surface area (Å²) in [5, 5.41) is 4.52. The summed E-state index contributed by atoms with van der Waals surface area (Å²) in [4.78, 5) is 4.46. The molecule has 0 fully saturated rings. The van der Waals surface area contributed by atoms with Gasteiger partial charge in [0.2, 0.25) is 0 Å². The number of anilines is 2. The number of rotatable bonds is 0. The van der Waals surface area contributed by atoms with Crippen molar-refractivity contribution in [3.63, 3.8) is 0 Å². The highest BCUT2D eigenvalue weighted by atomic mass is 16.5. The van der Waals surface area contributed by atoms with Crippen LogP contribution in [-0.4, -0.2) is 4.98 Å². The number of hydrogen-bond donors (Lipinski definition) is 1. The molecule has 3 nitrogen and oxygen atoms in total. The van der Waals surface area contributed by atoms with Gasteiger partial charge >= 0.3 is 0 Å². The first-order valence-electron chi connectivity index (χ1n) is 6.24. The van der Waals surface area contributed by atoms with E-state index in [0.717, 1.165) is 33.8 Å². The molecule has 1 aliphatic heterocycles. The lowest BCUT2D eigenvalue weighted by molar-refractivity contribution is 0.480. The van der Waals surface area contributed by atoms with Crippen LogP contribution in [0.3, 0.4) is 0 Å². The van der Waals surface area contributed by atoms with Gasteiger partial charge in [0.05, 0.1) is 23.1 Å². The smallest absolute Gasteiger partial charge is 0.169 e. The van der Waals surface area contributed by atoms with E-state index in [4.69, 9.17) is 4.74 Å². The van der Waals surface area contributed by atoms with Crippen LogP contribution in [0.2, 0.25) is 0 Å². The molecule has 0 spiro atoms. The van der Waals surface area contributed by atoms with Gasteiger partial charge in [-0.25, -0.2) is 0 Å². The van der Waals surface area contributed by atoms with Gasteiger partial charge < -0.3 is 10.1 Å². The maximum atomic E-state index is 5.89. The molecular weight excluding hydrogens is 236 g/mol. The van der Waals surface area contributed by atoms with Crippen LogP contribution in [-0.2, 0) is 0 Å². The summed E-state index contributed by atoms with van der Waals surface area (Å²) in [5.74, 6) is 1.61. The standard InChI is InChI=1S/C16H12N2O/c1-10-6-7-11-13(8-10)17-9-15-16(11)18-12-4-2-3-5-14(12)19-15/h2-9,18H,1H3. The second kappa shape index (κ2) is 3.72. The van der Waals surface area contributed by atoms with Crippen molar-refractivity contribution in [1.29, 1.82) is 0 Å². The Kier molecular flexibility index (Phi) is 2.03. The number of nitrogens with one attached hydrogen (secondary N) is 1. The molecule has 0 aliphatic carbocycles. The van der Waals surface area contributed by atoms with Crippen molar-refractivity contribution in [2.45, 2.75) is 6.92 Å². The van der Waals surface area contributed by atoms with Crippen LogP contribution < -0.4 is 10.1 Å². The maximum Gasteiger partial charge on any atom is 0.169 e. The SMILES string of the molecule is Cc1ccc2c3c(cnc2c1)Oc1ccccc1N3. The lowest BCUT2D eigenvalue weighted by Gasteiger charge is -2.22. The minimum atomic E-state index is 0.773. The Hall–Kier alpha value is -2.55. The predicted molar refractivity (Wildman–Crippen MR) is 76.3 cm³/mol. The summed E-state index contributed by atoms with van der Waals surface area (Å²) >= 11 is 0. The molecule has 4 rings (SSSR count). The molecule has 1 aliphatic rings. The molecule has 0 bridgehead atoms. The topological polar surface area (TPSA) is 34.1 Å². The third kappa shape index (κ3) is 1.55. The summed E-state index contributed by atoms with van der Waals surface area (Å²) in [5.41, 5.74) is 4.16. The number of nitrogens with zero attached hydrogens (tertiary/aromatic N) is 1. The summed E-state index contributed by atoms with van der Waals surface area (Å²) in [6.07, 6.45) is 1.78. The molecule has 2 heterocycles. The van der Waals surface area contributed by atoms with Crippen LogP contribution >= 0.6 is 0 Å². The molecule has 0 atom stereocenters. The number of benzene rings is 2. The van der Waals surface area contributed by atoms with Crippen LogP contribution in [0.15, 0.2) is 48.7 Å². The van der Waals surface area contributed by atoms with Gasteiger partial charge in [-0.3, -0.25) is 4.98 Å². The van der Waals surface area contributed by atoms with E-state index in [9.17, 15) is 0 Å². The zero-order valence-electron chi connectivity index (χ0n) is 10.5. The minimum Gasteiger partial charge on any atom is -0.451 e. The predicted octanol–water partition coefficient (Wildman–Crippen LogP) is 4.39. The van der Waals surface area contributed by atoms with Gasteiger partial charge in [0.15, 0.2) is 11.5 Å². The van der Waals surface area contributed by atoms with Gasteiger partial charge in [-0.2, -0.15) is 0 Å². The summed E-state index contributed by atoms with van der Waals surface area (Å²) in [7, 11) is 0. The molecule has 0 amide bonds. The third-order valence-corrected chi connectivity index (χ3v) is 3.36. The van der Waals surface area contributed by atoms with E-state index in [2.05, 4.69) is 35.4 Å². The molecule has 3 heteroatoms. The van der Waals surface area contributed by atoms with Crippen molar-refractivity contribution in [2.24, 2.45) is 0 Å². The fourth-order valence-electron chi connectivity index (χ4n) is 2.40. The molecule has 92 valence electrons. The zero-order valence-corrected chi connectivity index (χ0v) is 10.5. The Balaban J connectivity index is 1.96. The Bertz CT molecular complexity index is 796. The van der Waals surface area contributed by atoms with Crippen LogP contribution in [0.25, 0.3) is 10.9 Å². The van der Waals surface area contributed by atoms with Crippen molar-refractivity contribution >= 4 is 22.3 Å². The second-order valence-corrected chi connectivity index (χ2v) is 4.74. The molecule has 0 saturated heterocycles. The molecule has 0 radical (unpaired) electrons. The van der Waals surface area contributed by atoms with Crippen molar-refractivity contribution in [1.82, 2.24) is 4.98 Å². The summed E-state index contributed by atoms with van der Waals surface area (Å²) in [6.45, 7) is 2.07. The number of pyridine rings is 1. The molecule has 1 N–H and O–H groups in total. The van der Waals surface area contributed by atoms with Crippen LogP contribution in [0.5, 0.6) is 11.5 Å². The average Bonchev–Trinajstić information content (AvgIpc) is 2.44. The Morgan fingerprint density at radius 1 is 1.05 bits per heavy atom. The summed E-state index contributed by atoms with van der Waals surface area (Å²) in [6, 6.07) is 14.2. The van der Waals surface area contributed by atoms with Gasteiger partial charge in [0, 0.05) is 5.39 Å². The summed E-state index contributed by atoms with van der Waals surface area (Å²) < 4.78 is 5.89. The van der Waals surface area contributed by atoms with Crippen molar-refractivity contribution < 1.29 is 4.74 Å². The molecule has 2 aromatic carbocycles. The number of hydrogen-bond acceptors (Lipinski definition) is 3. The first-order chi connectivity index (χ1) is 9.31. The molecule has 1 aromatic heterocycles. The zero-order chi connectivity index (χ0) is 12.8. The second-order valence-electron chi connectivity index (χ2n) is 4.74. The number of para-hydroxylation sites is 2. The van der Waals surface area contributed by atoms with Crippen molar-refractivity contribution in [3.8, 4) is 11.5 Å². The quantitative estimate of drug-likeness (QED) is 0.501. The highest BCUT2D eigenvalue weighted by molar-refractivity contribution is 5.98. The molecule has 0 unspecified atom stereocenters. The van der Waals surface area contributed by atoms with Gasteiger partial charge in [-0.05, 0) is 30.7 Å². The van der Waals surface area contributed by atoms with Gasteiger partial charge in [0.1, 0.15) is 0 Å². The molecule has 3 aromatic rings. The van der Waals surface area contributed by atoms with Crippen LogP contribution in [0, 0.1) is 6.92 Å². The van der Waals surface area contributed by atoms with E-state index < -0.39 is 0 Å². The Morgan fingerprint density at radius 2 is 1.95 bits per heavy atom. The van der Waals surface area contributed by atoms with E-state index >= 15 is 0 Å². The number of aromatic nitrogens is 1. The van der Waals surface area contributed by atoms with E-state index in [1.54, 1.807) is 6.20 Å². The van der Waals surface area contributed by atoms with Gasteiger partial charge in [-0.15, -0.1) is 0 Å². The lowest BCUT2D eigenvalue weighted by atomic mass is 10.1. The molecule has 0 saturated carbocycles. The van der Waals surface area contributed by atoms with Gasteiger partial charge in [0.25, 0.3) is 0 Å². The first-order valence-corrected chi connectivity index (χ1v) is 6.24. The monoisotopic (exact) mass is 248 g/mol. The number of aryl methyl sites for hydroxylation is 1. The largest absolute Gasteiger partial charge is 0.451 e. The third-order valence-electron chi connectivity index (χ3n) is 3.36. The van der Waals surface area contributed by atoms with Crippen LogP contribution in [0.4, 0.5) is 11.4 Å². The number of fused-ring (bicyclic) bond motifs is 4. The molecule has 19 heavy (non-hydrogen) atoms. The van der Waals surface area contributed by atoms with E-state index in [1.807, 2.05) is 24.3 Å². The first kappa shape index (κ1) is 10.4. The highest BCUT2D eigenvalue weighted by Gasteiger charge is 2.18. The fourth-order valence-corrected chi connectivity index (χ4v) is 2.40. The number of ether oxygens (including phenoxy) is 1.